The Labute approximate surface area is 118 Å². The Kier molecular flexibility index (Phi) is 5.26. The maximum absolute atomic E-state index is 3.47. The summed E-state index contributed by atoms with van der Waals surface area (Å²) in [4.78, 5) is 2.63. The van der Waals surface area contributed by atoms with E-state index in [0.29, 0.717) is 6.04 Å². The third-order valence-electron chi connectivity index (χ3n) is 4.30. The van der Waals surface area contributed by atoms with E-state index in [4.69, 9.17) is 0 Å². The Balaban J connectivity index is 2.29. The fourth-order valence-electron chi connectivity index (χ4n) is 2.91. The SMILES string of the molecule is CCCCN(c1cccc2c1CCNC2)C(C)CC. The summed E-state index contributed by atoms with van der Waals surface area (Å²) in [5.41, 5.74) is 4.56. The van der Waals surface area contributed by atoms with E-state index in [1.807, 2.05) is 0 Å². The van der Waals surface area contributed by atoms with Crippen molar-refractivity contribution < 1.29 is 0 Å². The molecule has 0 amide bonds. The van der Waals surface area contributed by atoms with Crippen LogP contribution in [0.1, 0.15) is 51.2 Å². The number of nitrogens with zero attached hydrogens (tertiary/aromatic N) is 1. The highest BCUT2D eigenvalue weighted by Crippen LogP contribution is 2.29. The molecule has 1 aliphatic rings. The fourth-order valence-corrected chi connectivity index (χ4v) is 2.91. The van der Waals surface area contributed by atoms with Crippen LogP contribution in [-0.4, -0.2) is 19.1 Å². The van der Waals surface area contributed by atoms with Crippen LogP contribution in [-0.2, 0) is 13.0 Å². The summed E-state index contributed by atoms with van der Waals surface area (Å²) in [5.74, 6) is 0. The van der Waals surface area contributed by atoms with E-state index >= 15 is 0 Å². The van der Waals surface area contributed by atoms with E-state index in [1.54, 1.807) is 5.56 Å². The van der Waals surface area contributed by atoms with Gasteiger partial charge in [0, 0.05) is 24.8 Å². The number of benzene rings is 1. The molecule has 19 heavy (non-hydrogen) atoms. The summed E-state index contributed by atoms with van der Waals surface area (Å²) in [6.45, 7) is 10.3. The highest BCUT2D eigenvalue weighted by molar-refractivity contribution is 5.58. The molecule has 0 spiro atoms. The monoisotopic (exact) mass is 260 g/mol. The second kappa shape index (κ2) is 6.95. The summed E-state index contributed by atoms with van der Waals surface area (Å²) < 4.78 is 0. The highest BCUT2D eigenvalue weighted by atomic mass is 15.2. The maximum Gasteiger partial charge on any atom is 0.0404 e. The van der Waals surface area contributed by atoms with Crippen molar-refractivity contribution in [3.05, 3.63) is 29.3 Å². The third-order valence-corrected chi connectivity index (χ3v) is 4.30. The van der Waals surface area contributed by atoms with Crippen LogP contribution in [0.4, 0.5) is 5.69 Å². The third kappa shape index (κ3) is 3.30. The molecule has 1 aromatic carbocycles. The van der Waals surface area contributed by atoms with Crippen LogP contribution in [0.25, 0.3) is 0 Å². The summed E-state index contributed by atoms with van der Waals surface area (Å²) in [6.07, 6.45) is 4.94. The molecule has 0 fully saturated rings. The summed E-state index contributed by atoms with van der Waals surface area (Å²) in [6, 6.07) is 7.46. The first-order valence-corrected chi connectivity index (χ1v) is 7.86. The molecule has 2 rings (SSSR count). The van der Waals surface area contributed by atoms with Gasteiger partial charge in [0.1, 0.15) is 0 Å². The van der Waals surface area contributed by atoms with Crippen molar-refractivity contribution in [3.8, 4) is 0 Å². The number of rotatable bonds is 6. The van der Waals surface area contributed by atoms with Crippen molar-refractivity contribution in [1.29, 1.82) is 0 Å². The van der Waals surface area contributed by atoms with Gasteiger partial charge in [0.05, 0.1) is 0 Å². The molecule has 0 bridgehead atoms. The topological polar surface area (TPSA) is 15.3 Å². The summed E-state index contributed by atoms with van der Waals surface area (Å²) in [7, 11) is 0. The Bertz CT molecular complexity index is 400. The number of hydrogen-bond acceptors (Lipinski definition) is 2. The molecule has 1 aromatic rings. The van der Waals surface area contributed by atoms with Crippen molar-refractivity contribution in [2.75, 3.05) is 18.0 Å². The van der Waals surface area contributed by atoms with Crippen molar-refractivity contribution in [3.63, 3.8) is 0 Å². The molecule has 2 nitrogen and oxygen atoms in total. The van der Waals surface area contributed by atoms with E-state index < -0.39 is 0 Å². The zero-order chi connectivity index (χ0) is 13.7. The molecule has 0 aromatic heterocycles. The first-order valence-electron chi connectivity index (χ1n) is 7.86. The Hall–Kier alpha value is -1.02. The minimum absolute atomic E-state index is 0.632. The molecule has 2 heteroatoms. The number of fused-ring (bicyclic) bond motifs is 1. The molecule has 0 saturated heterocycles. The molecule has 0 saturated carbocycles. The standard InChI is InChI=1S/C17H28N2/c1-4-6-12-19(14(3)5-2)17-9-7-8-15-13-18-11-10-16(15)17/h7-9,14,18H,4-6,10-13H2,1-3H3. The second-order valence-electron chi connectivity index (χ2n) is 5.65. The lowest BCUT2D eigenvalue weighted by molar-refractivity contribution is 0.585. The smallest absolute Gasteiger partial charge is 0.0404 e. The van der Waals surface area contributed by atoms with Crippen LogP contribution in [0.3, 0.4) is 0 Å². The second-order valence-corrected chi connectivity index (χ2v) is 5.65. The maximum atomic E-state index is 3.47. The summed E-state index contributed by atoms with van der Waals surface area (Å²) in [5, 5.41) is 3.47. The van der Waals surface area contributed by atoms with Gasteiger partial charge in [0.15, 0.2) is 0 Å². The average molecular weight is 260 g/mol. The zero-order valence-electron chi connectivity index (χ0n) is 12.7. The van der Waals surface area contributed by atoms with Gasteiger partial charge in [0.25, 0.3) is 0 Å². The van der Waals surface area contributed by atoms with E-state index in [2.05, 4.69) is 49.2 Å². The molecule has 0 radical (unpaired) electrons. The minimum Gasteiger partial charge on any atom is -0.369 e. The highest BCUT2D eigenvalue weighted by Gasteiger charge is 2.19. The van der Waals surface area contributed by atoms with Gasteiger partial charge >= 0.3 is 0 Å². The zero-order valence-corrected chi connectivity index (χ0v) is 12.7. The largest absolute Gasteiger partial charge is 0.369 e. The molecule has 1 atom stereocenters. The molecule has 1 heterocycles. The quantitative estimate of drug-likeness (QED) is 0.838. The van der Waals surface area contributed by atoms with Gasteiger partial charge in [-0.05, 0) is 49.9 Å². The van der Waals surface area contributed by atoms with Crippen molar-refractivity contribution >= 4 is 5.69 Å². The fraction of sp³-hybridized carbons (Fsp3) is 0.647. The van der Waals surface area contributed by atoms with Crippen molar-refractivity contribution in [1.82, 2.24) is 5.32 Å². The minimum atomic E-state index is 0.632. The van der Waals surface area contributed by atoms with Crippen molar-refractivity contribution in [2.24, 2.45) is 0 Å². The van der Waals surface area contributed by atoms with Gasteiger partial charge in [0.2, 0.25) is 0 Å². The lowest BCUT2D eigenvalue weighted by atomic mass is 9.97. The molecular formula is C17H28N2. The van der Waals surface area contributed by atoms with E-state index in [0.717, 1.165) is 13.1 Å². The van der Waals surface area contributed by atoms with E-state index in [1.165, 1.54) is 43.5 Å². The van der Waals surface area contributed by atoms with Crippen LogP contribution >= 0.6 is 0 Å². The van der Waals surface area contributed by atoms with Crippen LogP contribution in [0, 0.1) is 0 Å². The molecule has 1 N–H and O–H groups in total. The lowest BCUT2D eigenvalue weighted by Crippen LogP contribution is -2.35. The molecular weight excluding hydrogens is 232 g/mol. The van der Waals surface area contributed by atoms with Gasteiger partial charge in [-0.25, -0.2) is 0 Å². The van der Waals surface area contributed by atoms with E-state index in [-0.39, 0.29) is 0 Å². The number of nitrogens with one attached hydrogen (secondary N) is 1. The van der Waals surface area contributed by atoms with Crippen LogP contribution in [0.15, 0.2) is 18.2 Å². The van der Waals surface area contributed by atoms with Gasteiger partial charge < -0.3 is 10.2 Å². The molecule has 0 aliphatic carbocycles. The summed E-state index contributed by atoms with van der Waals surface area (Å²) >= 11 is 0. The molecule has 106 valence electrons. The van der Waals surface area contributed by atoms with Crippen LogP contribution < -0.4 is 10.2 Å². The predicted molar refractivity (Wildman–Crippen MR) is 83.9 cm³/mol. The number of unbranched alkanes of at least 4 members (excludes halogenated alkanes) is 1. The lowest BCUT2D eigenvalue weighted by Gasteiger charge is -2.34. The Morgan fingerprint density at radius 3 is 2.89 bits per heavy atom. The van der Waals surface area contributed by atoms with Crippen molar-refractivity contribution in [2.45, 2.75) is 59.0 Å². The van der Waals surface area contributed by atoms with Gasteiger partial charge in [-0.15, -0.1) is 0 Å². The van der Waals surface area contributed by atoms with Gasteiger partial charge in [-0.3, -0.25) is 0 Å². The normalized spacial score (nSPS) is 15.9. The number of hydrogen-bond donors (Lipinski definition) is 1. The van der Waals surface area contributed by atoms with Gasteiger partial charge in [-0.2, -0.15) is 0 Å². The Morgan fingerprint density at radius 2 is 2.16 bits per heavy atom. The first-order chi connectivity index (χ1) is 9.27. The first kappa shape index (κ1) is 14.4. The average Bonchev–Trinajstić information content (AvgIpc) is 2.47. The molecule has 1 aliphatic heterocycles. The van der Waals surface area contributed by atoms with Crippen LogP contribution in [0.2, 0.25) is 0 Å². The molecule has 1 unspecified atom stereocenters. The van der Waals surface area contributed by atoms with Crippen LogP contribution in [0.5, 0.6) is 0 Å². The predicted octanol–water partition coefficient (Wildman–Crippen LogP) is 3.74. The van der Waals surface area contributed by atoms with E-state index in [9.17, 15) is 0 Å². The van der Waals surface area contributed by atoms with Gasteiger partial charge in [-0.1, -0.05) is 32.4 Å². The number of anilines is 1. The Morgan fingerprint density at radius 1 is 1.32 bits per heavy atom.